The number of likely N-dealkylation sites (tertiary alicyclic amines) is 1. The van der Waals surface area contributed by atoms with Crippen LogP contribution in [0.4, 0.5) is 0 Å². The molecule has 2 rings (SSSR count). The van der Waals surface area contributed by atoms with Gasteiger partial charge in [-0.15, -0.1) is 0 Å². The minimum absolute atomic E-state index is 0.741. The van der Waals surface area contributed by atoms with Crippen LogP contribution in [0.3, 0.4) is 0 Å². The van der Waals surface area contributed by atoms with E-state index in [9.17, 15) is 0 Å². The van der Waals surface area contributed by atoms with E-state index in [1.165, 1.54) is 25.9 Å². The summed E-state index contributed by atoms with van der Waals surface area (Å²) in [5, 5.41) is 3.55. The molecule has 2 heteroatoms. The first kappa shape index (κ1) is 7.56. The SMILES string of the molecule is CC(C)N1C[C@H]2C[C@@H]1CCN2. The van der Waals surface area contributed by atoms with Crippen LogP contribution in [0.1, 0.15) is 26.7 Å². The van der Waals surface area contributed by atoms with Crippen LogP contribution in [0, 0.1) is 0 Å². The molecular formula is C9H18N2. The zero-order valence-electron chi connectivity index (χ0n) is 7.51. The van der Waals surface area contributed by atoms with Gasteiger partial charge in [0.1, 0.15) is 0 Å². The number of hydrogen-bond acceptors (Lipinski definition) is 2. The lowest BCUT2D eigenvalue weighted by Gasteiger charge is -2.27. The summed E-state index contributed by atoms with van der Waals surface area (Å²) in [6.07, 6.45) is 2.74. The van der Waals surface area contributed by atoms with E-state index in [2.05, 4.69) is 24.1 Å². The topological polar surface area (TPSA) is 15.3 Å². The molecule has 2 aliphatic heterocycles. The summed E-state index contributed by atoms with van der Waals surface area (Å²) < 4.78 is 0. The van der Waals surface area contributed by atoms with E-state index >= 15 is 0 Å². The Kier molecular flexibility index (Phi) is 1.90. The lowest BCUT2D eigenvalue weighted by molar-refractivity contribution is 0.200. The van der Waals surface area contributed by atoms with Crippen LogP contribution in [-0.4, -0.2) is 36.1 Å². The summed E-state index contributed by atoms with van der Waals surface area (Å²) in [6.45, 7) is 7.13. The van der Waals surface area contributed by atoms with Crippen molar-refractivity contribution in [3.05, 3.63) is 0 Å². The van der Waals surface area contributed by atoms with E-state index in [-0.39, 0.29) is 0 Å². The van der Waals surface area contributed by atoms with Crippen LogP contribution in [0.15, 0.2) is 0 Å². The van der Waals surface area contributed by atoms with Crippen LogP contribution in [0.25, 0.3) is 0 Å². The number of fused-ring (bicyclic) bond motifs is 2. The minimum Gasteiger partial charge on any atom is -0.313 e. The Morgan fingerprint density at radius 2 is 2.27 bits per heavy atom. The summed E-state index contributed by atoms with van der Waals surface area (Å²) in [6, 6.07) is 2.43. The van der Waals surface area contributed by atoms with Gasteiger partial charge in [-0.05, 0) is 33.2 Å². The molecule has 64 valence electrons. The van der Waals surface area contributed by atoms with Gasteiger partial charge >= 0.3 is 0 Å². The Hall–Kier alpha value is -0.0800. The van der Waals surface area contributed by atoms with Gasteiger partial charge in [0.25, 0.3) is 0 Å². The van der Waals surface area contributed by atoms with E-state index < -0.39 is 0 Å². The fraction of sp³-hybridized carbons (Fsp3) is 1.00. The Labute approximate surface area is 69.0 Å². The Morgan fingerprint density at radius 3 is 2.91 bits per heavy atom. The molecule has 2 heterocycles. The molecule has 0 aliphatic carbocycles. The van der Waals surface area contributed by atoms with Crippen molar-refractivity contribution in [3.63, 3.8) is 0 Å². The second-order valence-electron chi connectivity index (χ2n) is 4.12. The first-order valence-corrected chi connectivity index (χ1v) is 4.76. The molecule has 0 radical (unpaired) electrons. The van der Waals surface area contributed by atoms with Gasteiger partial charge in [-0.3, -0.25) is 4.90 Å². The molecule has 0 amide bonds. The quantitative estimate of drug-likeness (QED) is 0.602. The van der Waals surface area contributed by atoms with E-state index in [1.807, 2.05) is 0 Å². The Morgan fingerprint density at radius 1 is 1.45 bits per heavy atom. The van der Waals surface area contributed by atoms with E-state index in [0.29, 0.717) is 0 Å². The largest absolute Gasteiger partial charge is 0.313 e. The summed E-state index contributed by atoms with van der Waals surface area (Å²) in [7, 11) is 0. The number of nitrogens with zero attached hydrogens (tertiary/aromatic N) is 1. The van der Waals surface area contributed by atoms with Crippen molar-refractivity contribution in [1.29, 1.82) is 0 Å². The van der Waals surface area contributed by atoms with Crippen LogP contribution >= 0.6 is 0 Å². The smallest absolute Gasteiger partial charge is 0.0210 e. The molecule has 11 heavy (non-hydrogen) atoms. The molecule has 2 aliphatic rings. The van der Waals surface area contributed by atoms with Gasteiger partial charge in [-0.1, -0.05) is 0 Å². The van der Waals surface area contributed by atoms with Crippen molar-refractivity contribution in [2.75, 3.05) is 13.1 Å². The summed E-state index contributed by atoms with van der Waals surface area (Å²) in [5.41, 5.74) is 0. The van der Waals surface area contributed by atoms with Crippen molar-refractivity contribution in [1.82, 2.24) is 10.2 Å². The highest BCUT2D eigenvalue weighted by Gasteiger charge is 2.35. The summed E-state index contributed by atoms with van der Waals surface area (Å²) in [4.78, 5) is 2.64. The molecule has 2 bridgehead atoms. The highest BCUT2D eigenvalue weighted by Crippen LogP contribution is 2.25. The summed E-state index contributed by atoms with van der Waals surface area (Å²) >= 11 is 0. The zero-order valence-corrected chi connectivity index (χ0v) is 7.51. The van der Waals surface area contributed by atoms with Gasteiger partial charge in [-0.25, -0.2) is 0 Å². The van der Waals surface area contributed by atoms with Crippen LogP contribution < -0.4 is 5.32 Å². The van der Waals surface area contributed by atoms with Gasteiger partial charge in [-0.2, -0.15) is 0 Å². The van der Waals surface area contributed by atoms with Gasteiger partial charge in [0.2, 0.25) is 0 Å². The van der Waals surface area contributed by atoms with Crippen molar-refractivity contribution in [2.45, 2.75) is 44.8 Å². The minimum atomic E-state index is 0.741. The molecule has 0 saturated carbocycles. The molecule has 0 spiro atoms. The molecule has 0 unspecified atom stereocenters. The van der Waals surface area contributed by atoms with Crippen LogP contribution in [0.5, 0.6) is 0 Å². The van der Waals surface area contributed by atoms with Crippen molar-refractivity contribution in [3.8, 4) is 0 Å². The zero-order chi connectivity index (χ0) is 7.84. The average Bonchev–Trinajstić information content (AvgIpc) is 2.27. The predicted octanol–water partition coefficient (Wildman–Crippen LogP) is 0.831. The van der Waals surface area contributed by atoms with Crippen molar-refractivity contribution >= 4 is 0 Å². The van der Waals surface area contributed by atoms with E-state index in [0.717, 1.165) is 18.1 Å². The van der Waals surface area contributed by atoms with Crippen LogP contribution in [-0.2, 0) is 0 Å². The molecule has 2 saturated heterocycles. The lowest BCUT2D eigenvalue weighted by atomic mass is 10.0. The maximum Gasteiger partial charge on any atom is 0.0210 e. The second kappa shape index (κ2) is 2.76. The number of nitrogens with one attached hydrogen (secondary N) is 1. The van der Waals surface area contributed by atoms with Gasteiger partial charge in [0, 0.05) is 24.7 Å². The van der Waals surface area contributed by atoms with Gasteiger partial charge in [0.05, 0.1) is 0 Å². The third kappa shape index (κ3) is 1.30. The first-order valence-electron chi connectivity index (χ1n) is 4.76. The highest BCUT2D eigenvalue weighted by molar-refractivity contribution is 4.94. The van der Waals surface area contributed by atoms with E-state index in [1.54, 1.807) is 0 Å². The molecule has 2 fully saturated rings. The maximum absolute atomic E-state index is 3.55. The standard InChI is InChI=1S/C9H18N2/c1-7(2)11-6-8-5-9(11)3-4-10-8/h7-10H,3-6H2,1-2H3/t8-,9+/m1/s1. The fourth-order valence-corrected chi connectivity index (χ4v) is 2.46. The maximum atomic E-state index is 3.55. The van der Waals surface area contributed by atoms with Gasteiger partial charge in [0.15, 0.2) is 0 Å². The number of piperidine rings is 1. The molecule has 0 aromatic rings. The second-order valence-corrected chi connectivity index (χ2v) is 4.12. The van der Waals surface area contributed by atoms with Gasteiger partial charge < -0.3 is 5.32 Å². The van der Waals surface area contributed by atoms with Crippen LogP contribution in [0.2, 0.25) is 0 Å². The molecule has 2 atom stereocenters. The molecule has 2 nitrogen and oxygen atoms in total. The molecular weight excluding hydrogens is 136 g/mol. The number of hydrogen-bond donors (Lipinski definition) is 1. The first-order chi connectivity index (χ1) is 5.27. The summed E-state index contributed by atoms with van der Waals surface area (Å²) in [5.74, 6) is 0. The fourth-order valence-electron chi connectivity index (χ4n) is 2.46. The predicted molar refractivity (Wildman–Crippen MR) is 46.7 cm³/mol. The van der Waals surface area contributed by atoms with Crippen molar-refractivity contribution < 1.29 is 0 Å². The highest BCUT2D eigenvalue weighted by atomic mass is 15.2. The Bertz CT molecular complexity index is 144. The molecule has 0 aromatic carbocycles. The van der Waals surface area contributed by atoms with E-state index in [4.69, 9.17) is 0 Å². The average molecular weight is 154 g/mol. The Balaban J connectivity index is 2.03. The molecule has 1 N–H and O–H groups in total. The van der Waals surface area contributed by atoms with Crippen molar-refractivity contribution in [2.24, 2.45) is 0 Å². The third-order valence-electron chi connectivity index (χ3n) is 3.03. The third-order valence-corrected chi connectivity index (χ3v) is 3.03. The number of rotatable bonds is 1. The normalized spacial score (nSPS) is 38.5. The molecule has 0 aromatic heterocycles. The monoisotopic (exact) mass is 154 g/mol. The lowest BCUT2D eigenvalue weighted by Crippen LogP contribution is -2.36.